The minimum Gasteiger partial charge on any atom is -0.466 e. The molecule has 0 unspecified atom stereocenters. The summed E-state index contributed by atoms with van der Waals surface area (Å²) in [6.07, 6.45) is 0.207. The van der Waals surface area contributed by atoms with E-state index < -0.39 is 6.10 Å². The number of Topliss-reactive ketones (excluding diaryl/α,β-unsaturated/α-hetero) is 1. The Kier molecular flexibility index (Phi) is 2.65. The highest BCUT2D eigenvalue weighted by Gasteiger charge is 2.20. The van der Waals surface area contributed by atoms with Gasteiger partial charge in [-0.1, -0.05) is 30.3 Å². The lowest BCUT2D eigenvalue weighted by atomic mass is 10.1. The monoisotopic (exact) mass is 202 g/mol. The molecule has 1 aromatic carbocycles. The number of aliphatic hydroxyl groups is 1. The maximum Gasteiger partial charge on any atom is 0.199 e. The lowest BCUT2D eigenvalue weighted by Crippen LogP contribution is -2.11. The van der Waals surface area contributed by atoms with Crippen LogP contribution in [0, 0.1) is 0 Å². The number of carbonyl (C=O) groups excluding carboxylic acids is 1. The van der Waals surface area contributed by atoms with E-state index in [2.05, 4.69) is 0 Å². The number of hydrogen-bond donors (Lipinski definition) is 1. The summed E-state index contributed by atoms with van der Waals surface area (Å²) in [5.41, 5.74) is 0.474. The van der Waals surface area contributed by atoms with Crippen molar-refractivity contribution in [3.05, 3.63) is 60.1 Å². The minimum absolute atomic E-state index is 0.267. The van der Waals surface area contributed by atoms with Crippen LogP contribution in [0.15, 0.2) is 53.1 Å². The van der Waals surface area contributed by atoms with Gasteiger partial charge in [0.1, 0.15) is 5.76 Å². The maximum atomic E-state index is 11.7. The van der Waals surface area contributed by atoms with E-state index in [1.807, 2.05) is 6.07 Å². The largest absolute Gasteiger partial charge is 0.466 e. The van der Waals surface area contributed by atoms with E-state index in [1.54, 1.807) is 36.4 Å². The van der Waals surface area contributed by atoms with Gasteiger partial charge in [0.25, 0.3) is 0 Å². The van der Waals surface area contributed by atoms with Crippen LogP contribution in [0.2, 0.25) is 0 Å². The molecule has 1 aromatic heterocycles. The van der Waals surface area contributed by atoms with Crippen LogP contribution in [0.3, 0.4) is 0 Å². The van der Waals surface area contributed by atoms with E-state index >= 15 is 0 Å². The molecular weight excluding hydrogens is 192 g/mol. The van der Waals surface area contributed by atoms with Gasteiger partial charge in [-0.2, -0.15) is 0 Å². The molecule has 0 saturated carbocycles. The van der Waals surface area contributed by atoms with Gasteiger partial charge >= 0.3 is 0 Å². The molecular formula is C12H10O3. The third-order valence-corrected chi connectivity index (χ3v) is 2.12. The molecule has 0 spiro atoms. The fraction of sp³-hybridized carbons (Fsp3) is 0.0833. The highest BCUT2D eigenvalue weighted by molar-refractivity contribution is 5.99. The van der Waals surface area contributed by atoms with Crippen LogP contribution in [-0.4, -0.2) is 10.9 Å². The molecule has 0 aliphatic rings. The Morgan fingerprint density at radius 2 is 1.87 bits per heavy atom. The Bertz CT molecular complexity index is 431. The molecule has 1 heterocycles. The van der Waals surface area contributed by atoms with Gasteiger partial charge in [0.2, 0.25) is 0 Å². The van der Waals surface area contributed by atoms with Gasteiger partial charge in [-0.3, -0.25) is 4.79 Å². The lowest BCUT2D eigenvalue weighted by molar-refractivity contribution is 0.0703. The average Bonchev–Trinajstić information content (AvgIpc) is 2.82. The van der Waals surface area contributed by atoms with Crippen LogP contribution in [0.5, 0.6) is 0 Å². The minimum atomic E-state index is -1.22. The fourth-order valence-electron chi connectivity index (χ4n) is 1.34. The van der Waals surface area contributed by atoms with Crippen LogP contribution in [0.4, 0.5) is 0 Å². The lowest BCUT2D eigenvalue weighted by Gasteiger charge is -2.05. The van der Waals surface area contributed by atoms with E-state index in [-0.39, 0.29) is 11.5 Å². The predicted octanol–water partition coefficient (Wildman–Crippen LogP) is 2.20. The molecule has 0 aliphatic carbocycles. The summed E-state index contributed by atoms with van der Waals surface area (Å²) in [6.45, 7) is 0. The van der Waals surface area contributed by atoms with Crippen molar-refractivity contribution in [1.82, 2.24) is 0 Å². The summed E-state index contributed by atoms with van der Waals surface area (Å²) in [5, 5.41) is 9.69. The first-order valence-electron chi connectivity index (χ1n) is 4.60. The summed E-state index contributed by atoms with van der Waals surface area (Å²) in [7, 11) is 0. The first kappa shape index (κ1) is 9.68. The summed E-state index contributed by atoms with van der Waals surface area (Å²) in [4.78, 5) is 11.7. The Hall–Kier alpha value is -1.87. The van der Waals surface area contributed by atoms with Crippen LogP contribution in [0.25, 0.3) is 0 Å². The standard InChI is InChI=1S/C12H10O3/c13-11(9-5-2-1-3-6-9)12(14)10-7-4-8-15-10/h1-8,12,14H/t12-/m1/s1. The Labute approximate surface area is 87.0 Å². The van der Waals surface area contributed by atoms with Crippen molar-refractivity contribution >= 4 is 5.78 Å². The molecule has 0 radical (unpaired) electrons. The zero-order valence-corrected chi connectivity index (χ0v) is 7.96. The third kappa shape index (κ3) is 1.97. The molecule has 0 bridgehead atoms. The topological polar surface area (TPSA) is 50.4 Å². The molecule has 0 amide bonds. The Morgan fingerprint density at radius 3 is 2.47 bits per heavy atom. The summed E-state index contributed by atoms with van der Waals surface area (Å²) < 4.78 is 4.97. The molecule has 2 aromatic rings. The van der Waals surface area contributed by atoms with Crippen molar-refractivity contribution in [2.75, 3.05) is 0 Å². The smallest absolute Gasteiger partial charge is 0.199 e. The van der Waals surface area contributed by atoms with Crippen LogP contribution in [-0.2, 0) is 0 Å². The van der Waals surface area contributed by atoms with Crippen LogP contribution < -0.4 is 0 Å². The number of ketones is 1. The number of aliphatic hydroxyl groups excluding tert-OH is 1. The van der Waals surface area contributed by atoms with Gasteiger partial charge < -0.3 is 9.52 Å². The van der Waals surface area contributed by atoms with Gasteiger partial charge in [-0.25, -0.2) is 0 Å². The zero-order chi connectivity index (χ0) is 10.7. The van der Waals surface area contributed by atoms with Crippen molar-refractivity contribution in [2.24, 2.45) is 0 Å². The molecule has 2 rings (SSSR count). The first-order valence-corrected chi connectivity index (χ1v) is 4.60. The molecule has 0 saturated heterocycles. The molecule has 0 aliphatic heterocycles. The molecule has 3 nitrogen and oxygen atoms in total. The second-order valence-electron chi connectivity index (χ2n) is 3.15. The Morgan fingerprint density at radius 1 is 1.13 bits per heavy atom. The fourth-order valence-corrected chi connectivity index (χ4v) is 1.34. The molecule has 15 heavy (non-hydrogen) atoms. The Balaban J connectivity index is 2.23. The molecule has 76 valence electrons. The SMILES string of the molecule is O=C(c1ccccc1)[C@H](O)c1ccco1. The van der Waals surface area contributed by atoms with Crippen molar-refractivity contribution in [1.29, 1.82) is 0 Å². The van der Waals surface area contributed by atoms with Crippen molar-refractivity contribution in [2.45, 2.75) is 6.10 Å². The summed E-state index contributed by atoms with van der Waals surface area (Å²) in [5.74, 6) is -0.0885. The number of benzene rings is 1. The quantitative estimate of drug-likeness (QED) is 0.776. The molecule has 3 heteroatoms. The van der Waals surface area contributed by atoms with Gasteiger partial charge in [-0.15, -0.1) is 0 Å². The van der Waals surface area contributed by atoms with Gasteiger partial charge in [0.15, 0.2) is 11.9 Å². The first-order chi connectivity index (χ1) is 7.29. The maximum absolute atomic E-state index is 11.7. The van der Waals surface area contributed by atoms with Crippen molar-refractivity contribution < 1.29 is 14.3 Å². The molecule has 1 N–H and O–H groups in total. The van der Waals surface area contributed by atoms with Crippen molar-refractivity contribution in [3.8, 4) is 0 Å². The number of hydrogen-bond acceptors (Lipinski definition) is 3. The highest BCUT2D eigenvalue weighted by atomic mass is 16.4. The normalized spacial score (nSPS) is 12.3. The zero-order valence-electron chi connectivity index (χ0n) is 7.96. The number of furan rings is 1. The van der Waals surface area contributed by atoms with E-state index in [0.717, 1.165) is 0 Å². The number of rotatable bonds is 3. The van der Waals surface area contributed by atoms with E-state index in [4.69, 9.17) is 4.42 Å². The van der Waals surface area contributed by atoms with Crippen LogP contribution >= 0.6 is 0 Å². The van der Waals surface area contributed by atoms with Gasteiger partial charge in [0.05, 0.1) is 6.26 Å². The van der Waals surface area contributed by atoms with E-state index in [0.29, 0.717) is 5.56 Å². The predicted molar refractivity (Wildman–Crippen MR) is 54.4 cm³/mol. The third-order valence-electron chi connectivity index (χ3n) is 2.12. The summed E-state index contributed by atoms with van der Waals surface area (Å²) >= 11 is 0. The second kappa shape index (κ2) is 4.11. The van der Waals surface area contributed by atoms with Gasteiger partial charge in [-0.05, 0) is 12.1 Å². The summed E-state index contributed by atoms with van der Waals surface area (Å²) in [6, 6.07) is 11.9. The van der Waals surface area contributed by atoms with Crippen LogP contribution in [0.1, 0.15) is 22.2 Å². The number of carbonyl (C=O) groups is 1. The van der Waals surface area contributed by atoms with E-state index in [1.165, 1.54) is 6.26 Å². The second-order valence-corrected chi connectivity index (χ2v) is 3.15. The van der Waals surface area contributed by atoms with Crippen molar-refractivity contribution in [3.63, 3.8) is 0 Å². The average molecular weight is 202 g/mol. The van der Waals surface area contributed by atoms with E-state index in [9.17, 15) is 9.90 Å². The van der Waals surface area contributed by atoms with Gasteiger partial charge in [0, 0.05) is 5.56 Å². The molecule has 0 fully saturated rings. The highest BCUT2D eigenvalue weighted by Crippen LogP contribution is 2.18. The molecule has 1 atom stereocenters.